The molecule has 2 rings (SSSR count). The minimum atomic E-state index is 0.539. The van der Waals surface area contributed by atoms with Crippen molar-refractivity contribution >= 4 is 15.9 Å². The van der Waals surface area contributed by atoms with E-state index in [1.807, 2.05) is 0 Å². The third-order valence-electron chi connectivity index (χ3n) is 3.56. The van der Waals surface area contributed by atoms with Crippen LogP contribution in [0.15, 0.2) is 28.7 Å². The molecule has 0 bridgehead atoms. The predicted octanol–water partition coefficient (Wildman–Crippen LogP) is 3.38. The average Bonchev–Trinajstić information content (AvgIpc) is 2.94. The maximum atomic E-state index is 3.52. The molecule has 0 aromatic heterocycles. The standard InChI is InChI=1S/C13H18BrN/c1-13(6-7-13)12(15-2)9-10-4-3-5-11(14)8-10/h3-5,8,12,15H,6-7,9H2,1-2H3. The Morgan fingerprint density at radius 3 is 2.73 bits per heavy atom. The highest BCUT2D eigenvalue weighted by atomic mass is 79.9. The summed E-state index contributed by atoms with van der Waals surface area (Å²) in [6.45, 7) is 2.38. The Morgan fingerprint density at radius 1 is 1.47 bits per heavy atom. The van der Waals surface area contributed by atoms with E-state index in [2.05, 4.69) is 59.5 Å². The zero-order valence-corrected chi connectivity index (χ0v) is 11.0. The van der Waals surface area contributed by atoms with Gasteiger partial charge in [0.05, 0.1) is 0 Å². The lowest BCUT2D eigenvalue weighted by molar-refractivity contribution is 0.376. The summed E-state index contributed by atoms with van der Waals surface area (Å²) in [5.74, 6) is 0. The minimum absolute atomic E-state index is 0.539. The molecule has 0 aliphatic heterocycles. The van der Waals surface area contributed by atoms with Crippen molar-refractivity contribution in [3.05, 3.63) is 34.3 Å². The zero-order chi connectivity index (χ0) is 10.9. The van der Waals surface area contributed by atoms with Crippen molar-refractivity contribution in [2.45, 2.75) is 32.2 Å². The fourth-order valence-corrected chi connectivity index (χ4v) is 2.59. The van der Waals surface area contributed by atoms with E-state index >= 15 is 0 Å². The molecule has 1 fully saturated rings. The minimum Gasteiger partial charge on any atom is -0.316 e. The Bertz CT molecular complexity index is 344. The van der Waals surface area contributed by atoms with Crippen LogP contribution in [0.5, 0.6) is 0 Å². The Labute approximate surface area is 100 Å². The number of hydrogen-bond donors (Lipinski definition) is 1. The van der Waals surface area contributed by atoms with Gasteiger partial charge in [0.2, 0.25) is 0 Å². The van der Waals surface area contributed by atoms with E-state index in [1.165, 1.54) is 22.9 Å². The van der Waals surface area contributed by atoms with Gasteiger partial charge in [-0.1, -0.05) is 35.0 Å². The number of rotatable bonds is 4. The maximum absolute atomic E-state index is 3.52. The summed E-state index contributed by atoms with van der Waals surface area (Å²) in [5.41, 5.74) is 1.95. The molecule has 0 amide bonds. The summed E-state index contributed by atoms with van der Waals surface area (Å²) in [6, 6.07) is 9.24. The number of likely N-dealkylation sites (N-methyl/N-ethyl adjacent to an activating group) is 1. The smallest absolute Gasteiger partial charge is 0.0178 e. The van der Waals surface area contributed by atoms with Crippen LogP contribution in [0, 0.1) is 5.41 Å². The van der Waals surface area contributed by atoms with Gasteiger partial charge in [-0.05, 0) is 49.4 Å². The van der Waals surface area contributed by atoms with Gasteiger partial charge in [0, 0.05) is 10.5 Å². The van der Waals surface area contributed by atoms with Crippen LogP contribution in [-0.4, -0.2) is 13.1 Å². The lowest BCUT2D eigenvalue weighted by atomic mass is 9.92. The molecule has 1 nitrogen and oxygen atoms in total. The third kappa shape index (κ3) is 2.61. The number of hydrogen-bond acceptors (Lipinski definition) is 1. The van der Waals surface area contributed by atoms with Crippen molar-refractivity contribution < 1.29 is 0 Å². The van der Waals surface area contributed by atoms with Gasteiger partial charge in [-0.2, -0.15) is 0 Å². The van der Waals surface area contributed by atoms with Gasteiger partial charge in [-0.3, -0.25) is 0 Å². The highest BCUT2D eigenvalue weighted by molar-refractivity contribution is 9.10. The first kappa shape index (κ1) is 11.2. The SMILES string of the molecule is CNC(Cc1cccc(Br)c1)C1(C)CC1. The average molecular weight is 268 g/mol. The first-order valence-electron chi connectivity index (χ1n) is 5.56. The summed E-state index contributed by atoms with van der Waals surface area (Å²) in [7, 11) is 2.08. The third-order valence-corrected chi connectivity index (χ3v) is 4.05. The van der Waals surface area contributed by atoms with E-state index in [0.717, 1.165) is 6.42 Å². The molecular formula is C13H18BrN. The molecule has 2 heteroatoms. The Hall–Kier alpha value is -0.340. The second-order valence-electron chi connectivity index (χ2n) is 4.83. The molecule has 0 heterocycles. The largest absolute Gasteiger partial charge is 0.316 e. The lowest BCUT2D eigenvalue weighted by Crippen LogP contribution is -2.35. The van der Waals surface area contributed by atoms with Crippen molar-refractivity contribution in [2.75, 3.05) is 7.05 Å². The highest BCUT2D eigenvalue weighted by Crippen LogP contribution is 2.48. The fraction of sp³-hybridized carbons (Fsp3) is 0.538. The summed E-state index contributed by atoms with van der Waals surface area (Å²) in [4.78, 5) is 0. The van der Waals surface area contributed by atoms with Crippen LogP contribution in [0.2, 0.25) is 0 Å². The van der Waals surface area contributed by atoms with Crippen LogP contribution in [0.4, 0.5) is 0 Å². The molecule has 1 aromatic rings. The van der Waals surface area contributed by atoms with Gasteiger partial charge in [0.25, 0.3) is 0 Å². The zero-order valence-electron chi connectivity index (χ0n) is 9.39. The van der Waals surface area contributed by atoms with Crippen LogP contribution >= 0.6 is 15.9 Å². The van der Waals surface area contributed by atoms with E-state index in [0.29, 0.717) is 11.5 Å². The molecule has 0 saturated heterocycles. The monoisotopic (exact) mass is 267 g/mol. The van der Waals surface area contributed by atoms with E-state index in [1.54, 1.807) is 0 Å². The molecule has 1 saturated carbocycles. The summed E-state index contributed by atoms with van der Waals surface area (Å²) >= 11 is 3.52. The van der Waals surface area contributed by atoms with Crippen LogP contribution < -0.4 is 5.32 Å². The molecule has 1 aliphatic rings. The normalized spacial score (nSPS) is 19.9. The molecule has 1 N–H and O–H groups in total. The van der Waals surface area contributed by atoms with Crippen LogP contribution in [0.3, 0.4) is 0 Å². The Balaban J connectivity index is 2.06. The second kappa shape index (κ2) is 4.26. The van der Waals surface area contributed by atoms with Crippen LogP contribution in [-0.2, 0) is 6.42 Å². The Kier molecular flexibility index (Phi) is 3.17. The summed E-state index contributed by atoms with van der Waals surface area (Å²) in [5, 5.41) is 3.46. The molecule has 0 spiro atoms. The van der Waals surface area contributed by atoms with E-state index in [4.69, 9.17) is 0 Å². The maximum Gasteiger partial charge on any atom is 0.0178 e. The van der Waals surface area contributed by atoms with Gasteiger partial charge in [-0.25, -0.2) is 0 Å². The van der Waals surface area contributed by atoms with Crippen molar-refractivity contribution in [3.8, 4) is 0 Å². The molecule has 1 aliphatic carbocycles. The van der Waals surface area contributed by atoms with Crippen molar-refractivity contribution in [2.24, 2.45) is 5.41 Å². The van der Waals surface area contributed by atoms with E-state index < -0.39 is 0 Å². The summed E-state index contributed by atoms with van der Waals surface area (Å²) in [6.07, 6.45) is 3.87. The van der Waals surface area contributed by atoms with Gasteiger partial charge in [0.15, 0.2) is 0 Å². The molecule has 1 unspecified atom stereocenters. The van der Waals surface area contributed by atoms with Crippen LogP contribution in [0.1, 0.15) is 25.3 Å². The van der Waals surface area contributed by atoms with E-state index in [9.17, 15) is 0 Å². The van der Waals surface area contributed by atoms with Crippen molar-refractivity contribution in [3.63, 3.8) is 0 Å². The van der Waals surface area contributed by atoms with Gasteiger partial charge in [-0.15, -0.1) is 0 Å². The van der Waals surface area contributed by atoms with Gasteiger partial charge in [0.1, 0.15) is 0 Å². The molecule has 82 valence electrons. The first-order valence-corrected chi connectivity index (χ1v) is 6.35. The highest BCUT2D eigenvalue weighted by Gasteiger charge is 2.43. The quantitative estimate of drug-likeness (QED) is 0.882. The predicted molar refractivity (Wildman–Crippen MR) is 68.0 cm³/mol. The first-order chi connectivity index (χ1) is 7.14. The van der Waals surface area contributed by atoms with Crippen LogP contribution in [0.25, 0.3) is 0 Å². The van der Waals surface area contributed by atoms with E-state index in [-0.39, 0.29) is 0 Å². The molecule has 15 heavy (non-hydrogen) atoms. The molecular weight excluding hydrogens is 250 g/mol. The Morgan fingerprint density at radius 2 is 2.20 bits per heavy atom. The molecule has 1 aromatic carbocycles. The summed E-state index contributed by atoms with van der Waals surface area (Å²) < 4.78 is 1.18. The number of benzene rings is 1. The van der Waals surface area contributed by atoms with Gasteiger partial charge < -0.3 is 5.32 Å². The molecule has 0 radical (unpaired) electrons. The number of nitrogens with one attached hydrogen (secondary N) is 1. The number of halogens is 1. The fourth-order valence-electron chi connectivity index (χ4n) is 2.14. The molecule has 1 atom stereocenters. The van der Waals surface area contributed by atoms with Crippen molar-refractivity contribution in [1.82, 2.24) is 5.32 Å². The van der Waals surface area contributed by atoms with Crippen molar-refractivity contribution in [1.29, 1.82) is 0 Å². The lowest BCUT2D eigenvalue weighted by Gasteiger charge is -2.23. The topological polar surface area (TPSA) is 12.0 Å². The van der Waals surface area contributed by atoms with Gasteiger partial charge >= 0.3 is 0 Å². The second-order valence-corrected chi connectivity index (χ2v) is 5.75.